The summed E-state index contributed by atoms with van der Waals surface area (Å²) < 4.78 is 16.6. The summed E-state index contributed by atoms with van der Waals surface area (Å²) >= 11 is 6.25. The third-order valence-electron chi connectivity index (χ3n) is 3.13. The summed E-state index contributed by atoms with van der Waals surface area (Å²) in [6.45, 7) is 3.15. The van der Waals surface area contributed by atoms with Crippen LogP contribution < -0.4 is 10.1 Å². The summed E-state index contributed by atoms with van der Waals surface area (Å²) in [6, 6.07) is 1.74. The largest absolute Gasteiger partial charge is 0.492 e. The van der Waals surface area contributed by atoms with E-state index in [-0.39, 0.29) is 5.91 Å². The van der Waals surface area contributed by atoms with Gasteiger partial charge in [-0.1, -0.05) is 11.6 Å². The monoisotopic (exact) mass is 283 g/mol. The molecule has 1 amide bonds. The Bertz CT molecular complexity index is 526. The summed E-state index contributed by atoms with van der Waals surface area (Å²) in [6.07, 6.45) is 0.279. The number of anilines is 1. The molecule has 0 atom stereocenters. The van der Waals surface area contributed by atoms with E-state index in [1.165, 1.54) is 6.92 Å². The first kappa shape index (κ1) is 12.7. The van der Waals surface area contributed by atoms with Crippen LogP contribution in [0.5, 0.6) is 5.75 Å². The second kappa shape index (κ2) is 5.00. The molecule has 1 aromatic carbocycles. The molecule has 0 bridgehead atoms. The van der Waals surface area contributed by atoms with Gasteiger partial charge >= 0.3 is 0 Å². The van der Waals surface area contributed by atoms with Crippen LogP contribution in [-0.2, 0) is 20.7 Å². The quantitative estimate of drug-likeness (QED) is 0.905. The van der Waals surface area contributed by atoms with Gasteiger partial charge in [-0.05, 0) is 6.07 Å². The van der Waals surface area contributed by atoms with Crippen molar-refractivity contribution in [2.45, 2.75) is 19.6 Å². The van der Waals surface area contributed by atoms with Gasteiger partial charge < -0.3 is 19.5 Å². The normalized spacial score (nSPS) is 18.2. The van der Waals surface area contributed by atoms with Gasteiger partial charge in [0.15, 0.2) is 6.29 Å². The van der Waals surface area contributed by atoms with Gasteiger partial charge in [0.05, 0.1) is 36.1 Å². The molecule has 1 aromatic rings. The van der Waals surface area contributed by atoms with Crippen LogP contribution in [0, 0.1) is 0 Å². The third kappa shape index (κ3) is 2.29. The van der Waals surface area contributed by atoms with Gasteiger partial charge in [0.1, 0.15) is 5.75 Å². The fourth-order valence-corrected chi connectivity index (χ4v) is 2.67. The molecular weight excluding hydrogens is 270 g/mol. The molecule has 0 aromatic heterocycles. The number of hydrogen-bond donors (Lipinski definition) is 1. The molecular formula is C13H14ClNO4. The first-order chi connectivity index (χ1) is 9.16. The van der Waals surface area contributed by atoms with E-state index in [1.807, 2.05) is 0 Å². The van der Waals surface area contributed by atoms with E-state index < -0.39 is 6.29 Å². The predicted octanol–water partition coefficient (Wildman–Crippen LogP) is 2.28. The minimum Gasteiger partial charge on any atom is -0.492 e. The van der Waals surface area contributed by atoms with Crippen LogP contribution in [0.3, 0.4) is 0 Å². The van der Waals surface area contributed by atoms with Crippen molar-refractivity contribution in [3.05, 3.63) is 22.2 Å². The lowest BCUT2D eigenvalue weighted by molar-refractivity contribution is -0.114. The molecule has 0 unspecified atom stereocenters. The average molecular weight is 284 g/mol. The molecule has 3 rings (SSSR count). The van der Waals surface area contributed by atoms with Gasteiger partial charge in [-0.15, -0.1) is 0 Å². The Balaban J connectivity index is 2.06. The second-order valence-corrected chi connectivity index (χ2v) is 4.89. The number of benzene rings is 1. The molecule has 5 nitrogen and oxygen atoms in total. The summed E-state index contributed by atoms with van der Waals surface area (Å²) in [5.74, 6) is 0.567. The Morgan fingerprint density at radius 2 is 2.11 bits per heavy atom. The zero-order valence-electron chi connectivity index (χ0n) is 10.5. The van der Waals surface area contributed by atoms with E-state index in [2.05, 4.69) is 5.32 Å². The average Bonchev–Trinajstić information content (AvgIpc) is 3.02. The van der Waals surface area contributed by atoms with Gasteiger partial charge in [0.2, 0.25) is 5.91 Å². The highest BCUT2D eigenvalue weighted by molar-refractivity contribution is 6.34. The van der Waals surface area contributed by atoms with E-state index in [0.717, 1.165) is 16.9 Å². The number of hydrogen-bond acceptors (Lipinski definition) is 4. The Labute approximate surface area is 115 Å². The van der Waals surface area contributed by atoms with Gasteiger partial charge in [0, 0.05) is 18.9 Å². The van der Waals surface area contributed by atoms with Crippen LogP contribution in [0.15, 0.2) is 6.07 Å². The lowest BCUT2D eigenvalue weighted by atomic mass is 10.0. The summed E-state index contributed by atoms with van der Waals surface area (Å²) in [5.41, 5.74) is 2.34. The van der Waals surface area contributed by atoms with Crippen molar-refractivity contribution >= 4 is 23.2 Å². The van der Waals surface area contributed by atoms with Crippen LogP contribution in [0.25, 0.3) is 0 Å². The summed E-state index contributed by atoms with van der Waals surface area (Å²) in [7, 11) is 0. The minimum atomic E-state index is -0.435. The van der Waals surface area contributed by atoms with Crippen molar-refractivity contribution < 1.29 is 19.0 Å². The minimum absolute atomic E-state index is 0.155. The molecule has 6 heteroatoms. The van der Waals surface area contributed by atoms with Crippen LogP contribution in [0.2, 0.25) is 5.02 Å². The topological polar surface area (TPSA) is 56.8 Å². The standard InChI is InChI=1S/C13H14ClNO4/c1-7(16)15-11-8-2-3-17-12(8)9(6-10(11)14)13-18-4-5-19-13/h6,13H,2-5H2,1H3,(H,15,16). The van der Waals surface area contributed by atoms with Gasteiger partial charge in [0.25, 0.3) is 0 Å². The molecule has 0 aliphatic carbocycles. The van der Waals surface area contributed by atoms with Crippen LogP contribution in [0.4, 0.5) is 5.69 Å². The highest BCUT2D eigenvalue weighted by atomic mass is 35.5. The van der Waals surface area contributed by atoms with E-state index >= 15 is 0 Å². The molecule has 2 aliphatic heterocycles. The first-order valence-corrected chi connectivity index (χ1v) is 6.53. The maximum absolute atomic E-state index is 11.2. The summed E-state index contributed by atoms with van der Waals surface area (Å²) in [4.78, 5) is 11.2. The second-order valence-electron chi connectivity index (χ2n) is 4.48. The van der Waals surface area contributed by atoms with Crippen LogP contribution >= 0.6 is 11.6 Å². The maximum Gasteiger partial charge on any atom is 0.221 e. The molecule has 0 radical (unpaired) electrons. The van der Waals surface area contributed by atoms with E-state index in [4.69, 9.17) is 25.8 Å². The Hall–Kier alpha value is -1.30. The van der Waals surface area contributed by atoms with Crippen molar-refractivity contribution in [3.8, 4) is 5.75 Å². The lowest BCUT2D eigenvalue weighted by Crippen LogP contribution is -2.09. The molecule has 1 fully saturated rings. The van der Waals surface area contributed by atoms with Crippen molar-refractivity contribution in [3.63, 3.8) is 0 Å². The number of amides is 1. The predicted molar refractivity (Wildman–Crippen MR) is 69.6 cm³/mol. The molecule has 0 spiro atoms. The van der Waals surface area contributed by atoms with Crippen LogP contribution in [0.1, 0.15) is 24.3 Å². The third-order valence-corrected chi connectivity index (χ3v) is 3.43. The van der Waals surface area contributed by atoms with E-state index in [9.17, 15) is 4.79 Å². The zero-order valence-corrected chi connectivity index (χ0v) is 11.3. The van der Waals surface area contributed by atoms with E-state index in [0.29, 0.717) is 37.0 Å². The number of fused-ring (bicyclic) bond motifs is 1. The van der Waals surface area contributed by atoms with Crippen molar-refractivity contribution in [1.29, 1.82) is 0 Å². The van der Waals surface area contributed by atoms with Gasteiger partial charge in [-0.25, -0.2) is 0 Å². The maximum atomic E-state index is 11.2. The number of nitrogens with one attached hydrogen (secondary N) is 1. The number of rotatable bonds is 2. The highest BCUT2D eigenvalue weighted by Crippen LogP contribution is 2.44. The number of carbonyl (C=O) groups excluding carboxylic acids is 1. The molecule has 19 heavy (non-hydrogen) atoms. The molecule has 102 valence electrons. The zero-order chi connectivity index (χ0) is 13.4. The van der Waals surface area contributed by atoms with Crippen molar-refractivity contribution in [1.82, 2.24) is 0 Å². The molecule has 1 N–H and O–H groups in total. The smallest absolute Gasteiger partial charge is 0.221 e. The number of carbonyl (C=O) groups is 1. The Kier molecular flexibility index (Phi) is 3.35. The van der Waals surface area contributed by atoms with Crippen molar-refractivity contribution in [2.24, 2.45) is 0 Å². The fourth-order valence-electron chi connectivity index (χ4n) is 2.39. The molecule has 1 saturated heterocycles. The number of ether oxygens (including phenoxy) is 3. The Morgan fingerprint density at radius 3 is 2.79 bits per heavy atom. The summed E-state index contributed by atoms with van der Waals surface area (Å²) in [5, 5.41) is 3.24. The van der Waals surface area contributed by atoms with Crippen molar-refractivity contribution in [2.75, 3.05) is 25.1 Å². The number of halogens is 1. The lowest BCUT2D eigenvalue weighted by Gasteiger charge is -2.17. The SMILES string of the molecule is CC(=O)Nc1c(Cl)cc(C2OCCO2)c2c1CCO2. The first-order valence-electron chi connectivity index (χ1n) is 6.15. The van der Waals surface area contributed by atoms with Crippen LogP contribution in [-0.4, -0.2) is 25.7 Å². The molecule has 2 heterocycles. The van der Waals surface area contributed by atoms with E-state index in [1.54, 1.807) is 6.07 Å². The molecule has 2 aliphatic rings. The molecule has 0 saturated carbocycles. The fraction of sp³-hybridized carbons (Fsp3) is 0.462. The Morgan fingerprint density at radius 1 is 1.37 bits per heavy atom. The van der Waals surface area contributed by atoms with Gasteiger partial charge in [-0.2, -0.15) is 0 Å². The van der Waals surface area contributed by atoms with Gasteiger partial charge in [-0.3, -0.25) is 4.79 Å². The highest BCUT2D eigenvalue weighted by Gasteiger charge is 2.30.